The van der Waals surface area contributed by atoms with Gasteiger partial charge in [-0.2, -0.15) is 0 Å². The van der Waals surface area contributed by atoms with Gasteiger partial charge in [0.2, 0.25) is 5.91 Å². The van der Waals surface area contributed by atoms with Crippen molar-refractivity contribution < 1.29 is 9.59 Å². The molecule has 0 unspecified atom stereocenters. The number of halogens is 1. The molecule has 33 heavy (non-hydrogen) atoms. The highest BCUT2D eigenvalue weighted by Gasteiger charge is 2.47. The third-order valence-corrected chi connectivity index (χ3v) is 12.1. The van der Waals surface area contributed by atoms with Crippen LogP contribution in [0.4, 0.5) is 0 Å². The molecule has 0 aliphatic carbocycles. The van der Waals surface area contributed by atoms with Crippen LogP contribution in [0.1, 0.15) is 12.8 Å². The number of hydrogen-bond donors (Lipinski definition) is 0. The SMILES string of the molecule is O=CC1=CN(C(=O)CCCI)C=C[C@H]1[Si](c1ccccc1)(c1ccccc1)c1ccccc1. The first-order valence-electron chi connectivity index (χ1n) is 11.1. The highest BCUT2D eigenvalue weighted by atomic mass is 127. The maximum Gasteiger partial charge on any atom is 0.230 e. The monoisotopic (exact) mass is 563 g/mol. The summed E-state index contributed by atoms with van der Waals surface area (Å²) in [5.74, 6) is 0.0205. The van der Waals surface area contributed by atoms with Crippen molar-refractivity contribution in [1.29, 1.82) is 0 Å². The maximum atomic E-state index is 12.7. The van der Waals surface area contributed by atoms with Crippen molar-refractivity contribution in [3.05, 3.63) is 115 Å². The maximum absolute atomic E-state index is 12.7. The predicted molar refractivity (Wildman–Crippen MR) is 146 cm³/mol. The van der Waals surface area contributed by atoms with Crippen LogP contribution in [0.5, 0.6) is 0 Å². The molecule has 3 nitrogen and oxygen atoms in total. The van der Waals surface area contributed by atoms with Crippen LogP contribution in [-0.2, 0) is 9.59 Å². The van der Waals surface area contributed by atoms with Crippen molar-refractivity contribution >= 4 is 58.4 Å². The van der Waals surface area contributed by atoms with E-state index in [4.69, 9.17) is 0 Å². The lowest BCUT2D eigenvalue weighted by molar-refractivity contribution is -0.126. The second-order valence-corrected chi connectivity index (χ2v) is 13.1. The molecule has 0 N–H and O–H groups in total. The van der Waals surface area contributed by atoms with E-state index in [0.717, 1.165) is 17.1 Å². The van der Waals surface area contributed by atoms with E-state index >= 15 is 0 Å². The number of aldehydes is 1. The molecule has 1 atom stereocenters. The standard InChI is InChI=1S/C28H26INO2Si/c29-19-10-17-28(32)30-20-18-27(23(21-30)22-31)33(24-11-4-1-5-12-24,25-13-6-2-7-14-25)26-15-8-3-9-16-26/h1-9,11-16,18,20-22,27H,10,17,19H2/t27-/m1/s1. The van der Waals surface area contributed by atoms with Gasteiger partial charge in [-0.15, -0.1) is 0 Å². The first kappa shape index (κ1) is 23.4. The fourth-order valence-corrected chi connectivity index (χ4v) is 10.3. The number of hydrogen-bond acceptors (Lipinski definition) is 2. The first-order valence-corrected chi connectivity index (χ1v) is 14.7. The normalized spacial score (nSPS) is 15.7. The summed E-state index contributed by atoms with van der Waals surface area (Å²) in [4.78, 5) is 26.8. The molecule has 1 heterocycles. The summed E-state index contributed by atoms with van der Waals surface area (Å²) in [7, 11) is -2.72. The van der Waals surface area contributed by atoms with Gasteiger partial charge in [0.25, 0.3) is 0 Å². The number of alkyl halides is 1. The van der Waals surface area contributed by atoms with Crippen molar-refractivity contribution in [2.45, 2.75) is 18.4 Å². The summed E-state index contributed by atoms with van der Waals surface area (Å²) < 4.78 is 0.931. The Morgan fingerprint density at radius 2 is 1.33 bits per heavy atom. The highest BCUT2D eigenvalue weighted by molar-refractivity contribution is 14.1. The van der Waals surface area contributed by atoms with Gasteiger partial charge in [-0.1, -0.05) is 120 Å². The molecule has 0 bridgehead atoms. The van der Waals surface area contributed by atoms with Crippen LogP contribution in [0.25, 0.3) is 0 Å². The highest BCUT2D eigenvalue weighted by Crippen LogP contribution is 2.34. The van der Waals surface area contributed by atoms with Gasteiger partial charge in [-0.25, -0.2) is 0 Å². The number of carbonyl (C=O) groups excluding carboxylic acids is 2. The fraction of sp³-hybridized carbons (Fsp3) is 0.143. The van der Waals surface area contributed by atoms with Crippen LogP contribution in [0.3, 0.4) is 0 Å². The van der Waals surface area contributed by atoms with Crippen molar-refractivity contribution in [2.24, 2.45) is 0 Å². The molecular weight excluding hydrogens is 537 g/mol. The number of rotatable bonds is 8. The smallest absolute Gasteiger partial charge is 0.230 e. The average molecular weight is 564 g/mol. The number of allylic oxidation sites excluding steroid dienone is 2. The number of nitrogens with zero attached hydrogens (tertiary/aromatic N) is 1. The lowest BCUT2D eigenvalue weighted by atomic mass is 10.1. The van der Waals surface area contributed by atoms with E-state index in [0.29, 0.717) is 12.0 Å². The van der Waals surface area contributed by atoms with Crippen LogP contribution in [0.15, 0.2) is 115 Å². The van der Waals surface area contributed by atoms with E-state index in [1.54, 1.807) is 11.1 Å². The largest absolute Gasteiger partial charge is 0.298 e. The van der Waals surface area contributed by atoms with E-state index < -0.39 is 8.07 Å². The van der Waals surface area contributed by atoms with Gasteiger partial charge in [0.1, 0.15) is 6.29 Å². The molecule has 0 saturated carbocycles. The molecule has 1 aliphatic rings. The molecule has 0 radical (unpaired) electrons. The minimum atomic E-state index is -2.72. The molecule has 1 amide bonds. The third-order valence-electron chi connectivity index (χ3n) is 6.19. The molecule has 0 aromatic heterocycles. The van der Waals surface area contributed by atoms with E-state index in [9.17, 15) is 9.59 Å². The van der Waals surface area contributed by atoms with E-state index in [-0.39, 0.29) is 11.4 Å². The van der Waals surface area contributed by atoms with Gasteiger partial charge >= 0.3 is 0 Å². The van der Waals surface area contributed by atoms with Crippen LogP contribution in [-0.4, -0.2) is 29.6 Å². The zero-order chi connectivity index (χ0) is 23.1. The van der Waals surface area contributed by atoms with Gasteiger partial charge < -0.3 is 0 Å². The molecule has 5 heteroatoms. The molecule has 0 saturated heterocycles. The van der Waals surface area contributed by atoms with Crippen LogP contribution in [0, 0.1) is 0 Å². The van der Waals surface area contributed by atoms with Gasteiger partial charge in [-0.05, 0) is 22.0 Å². The molecule has 166 valence electrons. The van der Waals surface area contributed by atoms with Crippen molar-refractivity contribution in [1.82, 2.24) is 4.90 Å². The minimum absolute atomic E-state index is 0.0205. The van der Waals surface area contributed by atoms with Crippen molar-refractivity contribution in [2.75, 3.05) is 4.43 Å². The summed E-state index contributed by atoms with van der Waals surface area (Å²) in [6.07, 6.45) is 7.93. The van der Waals surface area contributed by atoms with E-state index in [2.05, 4.69) is 101 Å². The zero-order valence-electron chi connectivity index (χ0n) is 18.3. The molecule has 1 aliphatic heterocycles. The first-order chi connectivity index (χ1) is 16.2. The van der Waals surface area contributed by atoms with E-state index in [1.807, 2.05) is 24.4 Å². The Balaban J connectivity index is 1.94. The minimum Gasteiger partial charge on any atom is -0.298 e. The Bertz CT molecular complexity index is 1050. The lowest BCUT2D eigenvalue weighted by Gasteiger charge is -2.41. The molecule has 0 fully saturated rings. The Labute approximate surface area is 210 Å². The number of carbonyl (C=O) groups is 2. The molecule has 3 aromatic rings. The topological polar surface area (TPSA) is 37.4 Å². The quantitative estimate of drug-likeness (QED) is 0.136. The summed E-state index contributed by atoms with van der Waals surface area (Å²) in [5.41, 5.74) is 0.499. The van der Waals surface area contributed by atoms with Crippen LogP contribution in [0.2, 0.25) is 5.54 Å². The molecule has 3 aromatic carbocycles. The summed E-state index contributed by atoms with van der Waals surface area (Å²) in [6, 6.07) is 31.6. The van der Waals surface area contributed by atoms with Crippen molar-refractivity contribution in [3.8, 4) is 0 Å². The fourth-order valence-electron chi connectivity index (χ4n) is 4.72. The van der Waals surface area contributed by atoms with E-state index in [1.165, 1.54) is 15.6 Å². The Morgan fingerprint density at radius 3 is 1.76 bits per heavy atom. The number of amides is 1. The molecule has 0 spiro atoms. The molecular formula is C28H26INO2Si. The zero-order valence-corrected chi connectivity index (χ0v) is 21.5. The summed E-state index contributed by atoms with van der Waals surface area (Å²) in [5, 5.41) is 3.69. The Kier molecular flexibility index (Phi) is 7.72. The lowest BCUT2D eigenvalue weighted by Crippen LogP contribution is -2.70. The van der Waals surface area contributed by atoms with Crippen LogP contribution >= 0.6 is 22.6 Å². The second kappa shape index (κ2) is 10.9. The van der Waals surface area contributed by atoms with Crippen molar-refractivity contribution in [3.63, 3.8) is 0 Å². The molecule has 4 rings (SSSR count). The van der Waals surface area contributed by atoms with Gasteiger partial charge in [-0.3, -0.25) is 14.5 Å². The summed E-state index contributed by atoms with van der Waals surface area (Å²) >= 11 is 2.28. The van der Waals surface area contributed by atoms with Gasteiger partial charge in [0.15, 0.2) is 8.07 Å². The van der Waals surface area contributed by atoms with Crippen LogP contribution < -0.4 is 15.6 Å². The number of benzene rings is 3. The third kappa shape index (κ3) is 4.65. The Morgan fingerprint density at radius 1 is 0.848 bits per heavy atom. The predicted octanol–water partition coefficient (Wildman–Crippen LogP) is 4.18. The van der Waals surface area contributed by atoms with Gasteiger partial charge in [0, 0.05) is 34.4 Å². The Hall–Kier alpha value is -2.77. The second-order valence-electron chi connectivity index (χ2n) is 8.07. The summed E-state index contributed by atoms with van der Waals surface area (Å²) in [6.45, 7) is 0. The average Bonchev–Trinajstić information content (AvgIpc) is 2.89. The van der Waals surface area contributed by atoms with Gasteiger partial charge in [0.05, 0.1) is 0 Å².